The second kappa shape index (κ2) is 8.79. The van der Waals surface area contributed by atoms with Crippen LogP contribution in [0, 0.1) is 0 Å². The first-order valence-corrected chi connectivity index (χ1v) is 10.5. The lowest BCUT2D eigenvalue weighted by Crippen LogP contribution is -2.30. The van der Waals surface area contributed by atoms with Gasteiger partial charge < -0.3 is 10.1 Å². The van der Waals surface area contributed by atoms with Crippen molar-refractivity contribution in [2.75, 3.05) is 23.3 Å². The minimum atomic E-state index is -3.67. The predicted octanol–water partition coefficient (Wildman–Crippen LogP) is 4.16. The molecule has 0 aliphatic carbocycles. The first-order chi connectivity index (χ1) is 14.0. The van der Waals surface area contributed by atoms with E-state index >= 15 is 0 Å². The van der Waals surface area contributed by atoms with Crippen LogP contribution >= 0.6 is 0 Å². The number of rotatable bonds is 7. The van der Waals surface area contributed by atoms with Gasteiger partial charge in [0.1, 0.15) is 5.75 Å². The Bertz CT molecular complexity index is 1060. The minimum absolute atomic E-state index is 0.225. The molecule has 0 spiro atoms. The van der Waals surface area contributed by atoms with Gasteiger partial charge in [0.05, 0.1) is 17.7 Å². The summed E-state index contributed by atoms with van der Waals surface area (Å²) in [6.45, 7) is 2.04. The Kier molecular flexibility index (Phi) is 6.19. The quantitative estimate of drug-likeness (QED) is 0.635. The molecule has 0 heterocycles. The van der Waals surface area contributed by atoms with Gasteiger partial charge in [-0.25, -0.2) is 8.42 Å². The maximum atomic E-state index is 12.9. The van der Waals surface area contributed by atoms with Crippen molar-refractivity contribution < 1.29 is 17.9 Å². The molecule has 1 N–H and O–H groups in total. The molecule has 0 unspecified atom stereocenters. The Balaban J connectivity index is 1.78. The Morgan fingerprint density at radius 2 is 1.55 bits per heavy atom. The van der Waals surface area contributed by atoms with Crippen LogP contribution in [-0.2, 0) is 10.0 Å². The molecule has 0 saturated heterocycles. The second-order valence-electron chi connectivity index (χ2n) is 6.21. The van der Waals surface area contributed by atoms with Crippen LogP contribution in [0.4, 0.5) is 11.4 Å². The van der Waals surface area contributed by atoms with Gasteiger partial charge in [0.25, 0.3) is 15.9 Å². The van der Waals surface area contributed by atoms with E-state index in [1.807, 2.05) is 0 Å². The minimum Gasteiger partial charge on any atom is -0.497 e. The summed E-state index contributed by atoms with van der Waals surface area (Å²) in [5.41, 5.74) is 1.57. The molecule has 0 aliphatic rings. The van der Waals surface area contributed by atoms with E-state index in [4.69, 9.17) is 4.74 Å². The van der Waals surface area contributed by atoms with Crippen molar-refractivity contribution >= 4 is 27.3 Å². The van der Waals surface area contributed by atoms with Crippen LogP contribution in [0.3, 0.4) is 0 Å². The van der Waals surface area contributed by atoms with E-state index in [1.54, 1.807) is 92.9 Å². The summed E-state index contributed by atoms with van der Waals surface area (Å²) in [4.78, 5) is 12.7. The zero-order valence-electron chi connectivity index (χ0n) is 16.2. The van der Waals surface area contributed by atoms with Crippen LogP contribution in [-0.4, -0.2) is 28.0 Å². The van der Waals surface area contributed by atoms with E-state index < -0.39 is 10.0 Å². The monoisotopic (exact) mass is 410 g/mol. The summed E-state index contributed by atoms with van der Waals surface area (Å²) in [7, 11) is -2.10. The molecule has 0 radical (unpaired) electrons. The number of sulfonamides is 1. The summed E-state index contributed by atoms with van der Waals surface area (Å²) in [6.07, 6.45) is 0. The average Bonchev–Trinajstić information content (AvgIpc) is 2.75. The summed E-state index contributed by atoms with van der Waals surface area (Å²) in [5, 5.41) is 2.80. The van der Waals surface area contributed by atoms with Crippen molar-refractivity contribution in [3.8, 4) is 5.75 Å². The van der Waals surface area contributed by atoms with Gasteiger partial charge in [0, 0.05) is 17.8 Å². The van der Waals surface area contributed by atoms with Crippen molar-refractivity contribution in [2.45, 2.75) is 11.8 Å². The molecule has 3 aromatic carbocycles. The number of carbonyl (C=O) groups excluding carboxylic acids is 1. The SMILES string of the molecule is CCN(c1ccc(C(=O)Nc2ccc(OC)cc2)cc1)S(=O)(=O)c1ccccc1. The zero-order chi connectivity index (χ0) is 20.9. The largest absolute Gasteiger partial charge is 0.497 e. The van der Waals surface area contributed by atoms with Gasteiger partial charge in [-0.15, -0.1) is 0 Å². The maximum Gasteiger partial charge on any atom is 0.264 e. The predicted molar refractivity (Wildman–Crippen MR) is 114 cm³/mol. The molecule has 150 valence electrons. The number of benzene rings is 3. The lowest BCUT2D eigenvalue weighted by atomic mass is 10.2. The fourth-order valence-electron chi connectivity index (χ4n) is 2.87. The van der Waals surface area contributed by atoms with Crippen LogP contribution in [0.1, 0.15) is 17.3 Å². The van der Waals surface area contributed by atoms with Crippen LogP contribution in [0.5, 0.6) is 5.75 Å². The number of nitrogens with one attached hydrogen (secondary N) is 1. The highest BCUT2D eigenvalue weighted by molar-refractivity contribution is 7.92. The molecule has 29 heavy (non-hydrogen) atoms. The standard InChI is InChI=1S/C22H22N2O4S/c1-3-24(29(26,27)21-7-5-4-6-8-21)19-13-9-17(10-14-19)22(25)23-18-11-15-20(28-2)16-12-18/h4-16H,3H2,1-2H3,(H,23,25). The van der Waals surface area contributed by atoms with Crippen LogP contribution in [0.15, 0.2) is 83.8 Å². The topological polar surface area (TPSA) is 75.7 Å². The first-order valence-electron chi connectivity index (χ1n) is 9.09. The van der Waals surface area contributed by atoms with Crippen molar-refractivity contribution in [2.24, 2.45) is 0 Å². The van der Waals surface area contributed by atoms with Crippen molar-refractivity contribution in [3.63, 3.8) is 0 Å². The molecule has 0 saturated carbocycles. The van der Waals surface area contributed by atoms with E-state index in [-0.39, 0.29) is 17.3 Å². The molecular weight excluding hydrogens is 388 g/mol. The zero-order valence-corrected chi connectivity index (χ0v) is 17.0. The smallest absolute Gasteiger partial charge is 0.264 e. The highest BCUT2D eigenvalue weighted by atomic mass is 32.2. The number of hydrogen-bond donors (Lipinski definition) is 1. The number of methoxy groups -OCH3 is 1. The van der Waals surface area contributed by atoms with Gasteiger partial charge in [-0.3, -0.25) is 9.10 Å². The van der Waals surface area contributed by atoms with Gasteiger partial charge in [-0.2, -0.15) is 0 Å². The molecule has 0 fully saturated rings. The Labute approximate surface area is 170 Å². The van der Waals surface area contributed by atoms with Crippen molar-refractivity contribution in [1.82, 2.24) is 0 Å². The third kappa shape index (κ3) is 4.57. The molecule has 0 atom stereocenters. The van der Waals surface area contributed by atoms with E-state index in [0.29, 0.717) is 22.7 Å². The number of anilines is 2. The number of carbonyl (C=O) groups is 1. The number of hydrogen-bond acceptors (Lipinski definition) is 4. The van der Waals surface area contributed by atoms with Crippen LogP contribution < -0.4 is 14.4 Å². The third-order valence-corrected chi connectivity index (χ3v) is 6.30. The average molecular weight is 410 g/mol. The van der Waals surface area contributed by atoms with Crippen molar-refractivity contribution in [3.05, 3.63) is 84.4 Å². The molecule has 0 bridgehead atoms. The third-order valence-electron chi connectivity index (χ3n) is 4.38. The summed E-state index contributed by atoms with van der Waals surface area (Å²) in [5.74, 6) is 0.419. The molecule has 3 aromatic rings. The highest BCUT2D eigenvalue weighted by Gasteiger charge is 2.23. The molecule has 0 aliphatic heterocycles. The van der Waals surface area contributed by atoms with Crippen LogP contribution in [0.25, 0.3) is 0 Å². The van der Waals surface area contributed by atoms with Gasteiger partial charge in [0.15, 0.2) is 0 Å². The van der Waals surface area contributed by atoms with Gasteiger partial charge in [-0.05, 0) is 67.6 Å². The van der Waals surface area contributed by atoms with Crippen LogP contribution in [0.2, 0.25) is 0 Å². The van der Waals surface area contributed by atoms with E-state index in [9.17, 15) is 13.2 Å². The molecular formula is C22H22N2O4S. The molecule has 3 rings (SSSR count). The van der Waals surface area contributed by atoms with E-state index in [1.165, 1.54) is 4.31 Å². The van der Waals surface area contributed by atoms with Gasteiger partial charge >= 0.3 is 0 Å². The fourth-order valence-corrected chi connectivity index (χ4v) is 4.36. The Morgan fingerprint density at radius 1 is 0.931 bits per heavy atom. The fraction of sp³-hybridized carbons (Fsp3) is 0.136. The summed E-state index contributed by atoms with van der Waals surface area (Å²) < 4.78 is 32.2. The second-order valence-corrected chi connectivity index (χ2v) is 8.07. The maximum absolute atomic E-state index is 12.9. The van der Waals surface area contributed by atoms with E-state index in [2.05, 4.69) is 5.32 Å². The lowest BCUT2D eigenvalue weighted by molar-refractivity contribution is 0.102. The lowest BCUT2D eigenvalue weighted by Gasteiger charge is -2.23. The van der Waals surface area contributed by atoms with Crippen molar-refractivity contribution in [1.29, 1.82) is 0 Å². The van der Waals surface area contributed by atoms with Gasteiger partial charge in [0.2, 0.25) is 0 Å². The highest BCUT2D eigenvalue weighted by Crippen LogP contribution is 2.24. The number of nitrogens with zero attached hydrogens (tertiary/aromatic N) is 1. The molecule has 7 heteroatoms. The number of amides is 1. The first kappa shape index (κ1) is 20.4. The van der Waals surface area contributed by atoms with E-state index in [0.717, 1.165) is 0 Å². The molecule has 0 aromatic heterocycles. The summed E-state index contributed by atoms with van der Waals surface area (Å²) >= 11 is 0. The normalized spacial score (nSPS) is 11.0. The Hall–Kier alpha value is -3.32. The molecule has 1 amide bonds. The Morgan fingerprint density at radius 3 is 2.10 bits per heavy atom. The van der Waals surface area contributed by atoms with Gasteiger partial charge in [-0.1, -0.05) is 18.2 Å². The number of ether oxygens (including phenoxy) is 1. The summed E-state index contributed by atoms with van der Waals surface area (Å²) in [6, 6.07) is 21.8. The molecule has 6 nitrogen and oxygen atoms in total.